The van der Waals surface area contributed by atoms with Crippen LogP contribution in [-0.2, 0) is 4.79 Å². The third-order valence-corrected chi connectivity index (χ3v) is 4.15. The molecule has 0 aromatic heterocycles. The van der Waals surface area contributed by atoms with E-state index in [0.717, 1.165) is 21.3 Å². The number of nitrogens with one attached hydrogen (secondary N) is 1. The fourth-order valence-corrected chi connectivity index (χ4v) is 3.00. The van der Waals surface area contributed by atoms with E-state index in [1.165, 1.54) is 6.08 Å². The molecule has 0 aliphatic rings. The van der Waals surface area contributed by atoms with Gasteiger partial charge >= 0.3 is 0 Å². The second kappa shape index (κ2) is 8.22. The molecule has 0 saturated heterocycles. The number of halogens is 2. The van der Waals surface area contributed by atoms with Gasteiger partial charge in [-0.1, -0.05) is 11.6 Å². The lowest BCUT2D eigenvalue weighted by Crippen LogP contribution is -2.08. The van der Waals surface area contributed by atoms with Gasteiger partial charge in [0.1, 0.15) is 0 Å². The van der Waals surface area contributed by atoms with Gasteiger partial charge in [-0.25, -0.2) is 0 Å². The van der Waals surface area contributed by atoms with Gasteiger partial charge in [-0.3, -0.25) is 4.79 Å². The number of ether oxygens (including phenoxy) is 2. The molecule has 0 atom stereocenters. The molecule has 1 amide bonds. The van der Waals surface area contributed by atoms with Gasteiger partial charge in [-0.05, 0) is 70.4 Å². The maximum Gasteiger partial charge on any atom is 0.248 e. The third kappa shape index (κ3) is 4.52. The minimum Gasteiger partial charge on any atom is -0.493 e. The average Bonchev–Trinajstić information content (AvgIpc) is 2.55. The van der Waals surface area contributed by atoms with Crippen LogP contribution < -0.4 is 14.8 Å². The predicted octanol–water partition coefficient (Wildman–Crippen LogP) is 5.08. The molecule has 0 fully saturated rings. The summed E-state index contributed by atoms with van der Waals surface area (Å²) in [5, 5.41) is 3.46. The number of carbonyl (C=O) groups excluding carboxylic acids is 1. The highest BCUT2D eigenvalue weighted by Crippen LogP contribution is 2.36. The zero-order valence-corrected chi connectivity index (χ0v) is 15.9. The number of aryl methyl sites for hydroxylation is 1. The summed E-state index contributed by atoms with van der Waals surface area (Å²) < 4.78 is 11.3. The minimum absolute atomic E-state index is 0.230. The molecular formula is C18H17BrClNO3. The molecule has 4 nitrogen and oxygen atoms in total. The molecule has 126 valence electrons. The Balaban J connectivity index is 2.15. The molecule has 0 bridgehead atoms. The number of hydrogen-bond acceptors (Lipinski definition) is 3. The van der Waals surface area contributed by atoms with Crippen molar-refractivity contribution in [2.75, 3.05) is 19.5 Å². The number of hydrogen-bond donors (Lipinski definition) is 1. The molecular weight excluding hydrogens is 394 g/mol. The Morgan fingerprint density at radius 3 is 2.58 bits per heavy atom. The topological polar surface area (TPSA) is 47.6 Å². The summed E-state index contributed by atoms with van der Waals surface area (Å²) in [7, 11) is 3.13. The Labute approximate surface area is 154 Å². The molecule has 6 heteroatoms. The first kappa shape index (κ1) is 18.4. The maximum atomic E-state index is 12.1. The molecule has 1 N–H and O–H groups in total. The number of methoxy groups -OCH3 is 2. The quantitative estimate of drug-likeness (QED) is 0.699. The second-order valence-corrected chi connectivity index (χ2v) is 6.31. The van der Waals surface area contributed by atoms with E-state index >= 15 is 0 Å². The van der Waals surface area contributed by atoms with E-state index in [2.05, 4.69) is 21.2 Å². The SMILES string of the molecule is COc1cc(/C=C/C(=O)Nc2ccc(Cl)cc2C)cc(Br)c1OC. The van der Waals surface area contributed by atoms with Gasteiger partial charge in [0, 0.05) is 16.8 Å². The van der Waals surface area contributed by atoms with E-state index in [9.17, 15) is 4.79 Å². The lowest BCUT2D eigenvalue weighted by Gasteiger charge is -2.10. The number of amides is 1. The monoisotopic (exact) mass is 409 g/mol. The minimum atomic E-state index is -0.230. The number of anilines is 1. The van der Waals surface area contributed by atoms with Gasteiger partial charge in [-0.2, -0.15) is 0 Å². The summed E-state index contributed by atoms with van der Waals surface area (Å²) >= 11 is 9.33. The van der Waals surface area contributed by atoms with E-state index in [0.29, 0.717) is 16.5 Å². The summed E-state index contributed by atoms with van der Waals surface area (Å²) in [6.45, 7) is 1.89. The molecule has 2 aromatic rings. The van der Waals surface area contributed by atoms with Crippen LogP contribution in [0.1, 0.15) is 11.1 Å². The van der Waals surface area contributed by atoms with Crippen molar-refractivity contribution in [3.05, 3.63) is 57.0 Å². The van der Waals surface area contributed by atoms with Crippen molar-refractivity contribution in [3.8, 4) is 11.5 Å². The average molecular weight is 411 g/mol. The fraction of sp³-hybridized carbons (Fsp3) is 0.167. The summed E-state index contributed by atoms with van der Waals surface area (Å²) in [6.07, 6.45) is 3.16. The van der Waals surface area contributed by atoms with E-state index < -0.39 is 0 Å². The lowest BCUT2D eigenvalue weighted by molar-refractivity contribution is -0.111. The zero-order valence-electron chi connectivity index (χ0n) is 13.5. The van der Waals surface area contributed by atoms with Gasteiger partial charge in [0.2, 0.25) is 5.91 Å². The van der Waals surface area contributed by atoms with Crippen LogP contribution in [0.15, 0.2) is 40.9 Å². The second-order valence-electron chi connectivity index (χ2n) is 5.02. The van der Waals surface area contributed by atoms with Crippen molar-refractivity contribution in [2.24, 2.45) is 0 Å². The Bertz CT molecular complexity index is 790. The smallest absolute Gasteiger partial charge is 0.248 e. The van der Waals surface area contributed by atoms with Crippen molar-refractivity contribution in [1.29, 1.82) is 0 Å². The van der Waals surface area contributed by atoms with E-state index in [4.69, 9.17) is 21.1 Å². The zero-order chi connectivity index (χ0) is 17.7. The molecule has 2 aromatic carbocycles. The van der Waals surface area contributed by atoms with E-state index in [-0.39, 0.29) is 5.91 Å². The summed E-state index contributed by atoms with van der Waals surface area (Å²) in [5.74, 6) is 0.961. The van der Waals surface area contributed by atoms with Crippen molar-refractivity contribution in [1.82, 2.24) is 0 Å². The number of carbonyl (C=O) groups is 1. The Morgan fingerprint density at radius 1 is 1.21 bits per heavy atom. The first-order valence-corrected chi connectivity index (χ1v) is 8.28. The van der Waals surface area contributed by atoms with Gasteiger partial charge in [0.05, 0.1) is 18.7 Å². The van der Waals surface area contributed by atoms with Crippen molar-refractivity contribution in [3.63, 3.8) is 0 Å². The van der Waals surface area contributed by atoms with Gasteiger partial charge < -0.3 is 14.8 Å². The molecule has 0 radical (unpaired) electrons. The highest BCUT2D eigenvalue weighted by Gasteiger charge is 2.09. The number of rotatable bonds is 5. The summed E-state index contributed by atoms with van der Waals surface area (Å²) in [5.41, 5.74) is 2.43. The summed E-state index contributed by atoms with van der Waals surface area (Å²) in [6, 6.07) is 8.95. The molecule has 0 aliphatic carbocycles. The molecule has 0 saturated carbocycles. The maximum absolute atomic E-state index is 12.1. The molecule has 0 aliphatic heterocycles. The highest BCUT2D eigenvalue weighted by atomic mass is 79.9. The lowest BCUT2D eigenvalue weighted by atomic mass is 10.1. The van der Waals surface area contributed by atoms with Crippen LogP contribution in [0, 0.1) is 6.92 Å². The van der Waals surface area contributed by atoms with E-state index in [1.54, 1.807) is 44.6 Å². The Kier molecular flexibility index (Phi) is 6.29. The molecule has 0 unspecified atom stereocenters. The van der Waals surface area contributed by atoms with Crippen LogP contribution in [0.4, 0.5) is 5.69 Å². The van der Waals surface area contributed by atoms with Gasteiger partial charge in [0.25, 0.3) is 0 Å². The first-order valence-electron chi connectivity index (χ1n) is 7.11. The van der Waals surface area contributed by atoms with Crippen LogP contribution in [0.25, 0.3) is 6.08 Å². The molecule has 0 heterocycles. The van der Waals surface area contributed by atoms with E-state index in [1.807, 2.05) is 13.0 Å². The van der Waals surface area contributed by atoms with Crippen LogP contribution >= 0.6 is 27.5 Å². The number of benzene rings is 2. The standard InChI is InChI=1S/C18H17BrClNO3/c1-11-8-13(20)5-6-15(11)21-17(22)7-4-12-9-14(19)18(24-3)16(10-12)23-2/h4-10H,1-3H3,(H,21,22)/b7-4+. The van der Waals surface area contributed by atoms with Gasteiger partial charge in [0.15, 0.2) is 11.5 Å². The van der Waals surface area contributed by atoms with Crippen LogP contribution in [0.5, 0.6) is 11.5 Å². The molecule has 24 heavy (non-hydrogen) atoms. The van der Waals surface area contributed by atoms with Crippen molar-refractivity contribution < 1.29 is 14.3 Å². The van der Waals surface area contributed by atoms with Crippen molar-refractivity contribution in [2.45, 2.75) is 6.92 Å². The molecule has 0 spiro atoms. The predicted molar refractivity (Wildman–Crippen MR) is 101 cm³/mol. The third-order valence-electron chi connectivity index (χ3n) is 3.33. The van der Waals surface area contributed by atoms with Crippen LogP contribution in [0.3, 0.4) is 0 Å². The Morgan fingerprint density at radius 2 is 1.96 bits per heavy atom. The fourth-order valence-electron chi connectivity index (χ4n) is 2.15. The van der Waals surface area contributed by atoms with Crippen LogP contribution in [-0.4, -0.2) is 20.1 Å². The summed E-state index contributed by atoms with van der Waals surface area (Å²) in [4.78, 5) is 12.1. The molecule has 2 rings (SSSR count). The normalized spacial score (nSPS) is 10.7. The first-order chi connectivity index (χ1) is 11.4. The Hall–Kier alpha value is -1.98. The largest absolute Gasteiger partial charge is 0.493 e. The highest BCUT2D eigenvalue weighted by molar-refractivity contribution is 9.10. The van der Waals surface area contributed by atoms with Crippen LogP contribution in [0.2, 0.25) is 5.02 Å². The van der Waals surface area contributed by atoms with Crippen molar-refractivity contribution >= 4 is 45.2 Å². The van der Waals surface area contributed by atoms with Gasteiger partial charge in [-0.15, -0.1) is 0 Å².